The summed E-state index contributed by atoms with van der Waals surface area (Å²) in [6.07, 6.45) is 12.8. The highest BCUT2D eigenvalue weighted by molar-refractivity contribution is 8.18. The highest BCUT2D eigenvalue weighted by Gasteiger charge is 2.31. The molecule has 0 spiro atoms. The van der Waals surface area contributed by atoms with Gasteiger partial charge in [0.05, 0.1) is 10.7 Å². The van der Waals surface area contributed by atoms with Gasteiger partial charge in [-0.2, -0.15) is 0 Å². The zero-order chi connectivity index (χ0) is 18.6. The SMILES string of the molecule is CCCCCCC(C)(C)SC(SC(C)(C)CCCCCC)C(C)O. The molecule has 0 aromatic carbocycles. The van der Waals surface area contributed by atoms with Gasteiger partial charge in [-0.3, -0.25) is 0 Å². The van der Waals surface area contributed by atoms with Gasteiger partial charge in [-0.05, 0) is 19.8 Å². The Bertz CT molecular complexity index is 274. The van der Waals surface area contributed by atoms with E-state index in [-0.39, 0.29) is 20.2 Å². The van der Waals surface area contributed by atoms with Crippen LogP contribution in [-0.2, 0) is 0 Å². The minimum atomic E-state index is -0.259. The topological polar surface area (TPSA) is 20.2 Å². The third-order valence-corrected chi connectivity index (χ3v) is 8.04. The van der Waals surface area contributed by atoms with Gasteiger partial charge < -0.3 is 5.11 Å². The van der Waals surface area contributed by atoms with E-state index < -0.39 is 0 Å². The second-order valence-electron chi connectivity index (χ2n) is 8.49. The molecule has 0 aliphatic carbocycles. The summed E-state index contributed by atoms with van der Waals surface area (Å²) in [4.78, 5) is 0. The van der Waals surface area contributed by atoms with Crippen molar-refractivity contribution in [3.05, 3.63) is 0 Å². The summed E-state index contributed by atoms with van der Waals surface area (Å²) in [6.45, 7) is 15.9. The molecule has 0 saturated carbocycles. The number of hydrogen-bond donors (Lipinski definition) is 1. The Morgan fingerprint density at radius 3 is 1.38 bits per heavy atom. The Hall–Kier alpha value is 0.660. The van der Waals surface area contributed by atoms with Gasteiger partial charge in [0.15, 0.2) is 0 Å². The molecule has 0 aromatic rings. The number of hydrogen-bond acceptors (Lipinski definition) is 3. The first-order valence-corrected chi connectivity index (χ1v) is 11.9. The number of thioether (sulfide) groups is 2. The predicted octanol–water partition coefficient (Wildman–Crippen LogP) is 7.66. The van der Waals surface area contributed by atoms with Crippen LogP contribution in [0.25, 0.3) is 0 Å². The van der Waals surface area contributed by atoms with E-state index in [4.69, 9.17) is 0 Å². The lowest BCUT2D eigenvalue weighted by atomic mass is 10.0. The third kappa shape index (κ3) is 12.9. The third-order valence-electron chi connectivity index (χ3n) is 4.53. The first-order valence-electron chi connectivity index (χ1n) is 10.2. The zero-order valence-electron chi connectivity index (χ0n) is 17.5. The summed E-state index contributed by atoms with van der Waals surface area (Å²) >= 11 is 3.99. The molecule has 0 bridgehead atoms. The molecule has 146 valence electrons. The van der Waals surface area contributed by atoms with Crippen molar-refractivity contribution >= 4 is 23.5 Å². The summed E-state index contributed by atoms with van der Waals surface area (Å²) in [5, 5.41) is 10.3. The Kier molecular flexibility index (Phi) is 13.3. The van der Waals surface area contributed by atoms with Gasteiger partial charge in [-0.25, -0.2) is 0 Å². The largest absolute Gasteiger partial charge is 0.391 e. The van der Waals surface area contributed by atoms with Crippen LogP contribution in [0.2, 0.25) is 0 Å². The van der Waals surface area contributed by atoms with Gasteiger partial charge in [0.2, 0.25) is 0 Å². The van der Waals surface area contributed by atoms with Crippen molar-refractivity contribution in [2.75, 3.05) is 0 Å². The van der Waals surface area contributed by atoms with Gasteiger partial charge >= 0.3 is 0 Å². The molecule has 0 aromatic heterocycles. The minimum Gasteiger partial charge on any atom is -0.391 e. The highest BCUT2D eigenvalue weighted by atomic mass is 32.2. The average Bonchev–Trinajstić information content (AvgIpc) is 2.47. The fraction of sp³-hybridized carbons (Fsp3) is 1.00. The minimum absolute atomic E-state index is 0.251. The van der Waals surface area contributed by atoms with E-state index in [2.05, 4.69) is 41.5 Å². The second-order valence-corrected chi connectivity index (χ2v) is 12.5. The number of aliphatic hydroxyl groups excluding tert-OH is 1. The maximum atomic E-state index is 10.3. The standard InChI is InChI=1S/C21H44OS2/c1-8-10-12-14-16-20(4,5)23-19(18(3)22)24-21(6,7)17-15-13-11-9-2/h18-19,22H,8-17H2,1-7H3. The van der Waals surface area contributed by atoms with Crippen LogP contribution in [-0.4, -0.2) is 25.3 Å². The van der Waals surface area contributed by atoms with E-state index >= 15 is 0 Å². The van der Waals surface area contributed by atoms with Crippen LogP contribution in [0.1, 0.15) is 113 Å². The van der Waals surface area contributed by atoms with Gasteiger partial charge in [-0.1, -0.05) is 92.9 Å². The van der Waals surface area contributed by atoms with E-state index in [1.54, 1.807) is 0 Å². The molecule has 0 fully saturated rings. The van der Waals surface area contributed by atoms with Crippen molar-refractivity contribution in [1.29, 1.82) is 0 Å². The zero-order valence-corrected chi connectivity index (χ0v) is 19.1. The Labute approximate surface area is 161 Å². The van der Waals surface area contributed by atoms with Crippen molar-refractivity contribution in [2.24, 2.45) is 0 Å². The number of aliphatic hydroxyl groups is 1. The molecule has 1 atom stereocenters. The maximum Gasteiger partial charge on any atom is 0.0769 e. The molecule has 0 rings (SSSR count). The number of unbranched alkanes of at least 4 members (excludes halogenated alkanes) is 6. The van der Waals surface area contributed by atoms with Crippen LogP contribution >= 0.6 is 23.5 Å². The molecule has 0 aliphatic rings. The molecule has 1 N–H and O–H groups in total. The van der Waals surface area contributed by atoms with E-state index in [0.29, 0.717) is 0 Å². The van der Waals surface area contributed by atoms with Crippen LogP contribution in [0.5, 0.6) is 0 Å². The van der Waals surface area contributed by atoms with Crippen molar-refractivity contribution in [3.63, 3.8) is 0 Å². The summed E-state index contributed by atoms with van der Waals surface area (Å²) in [7, 11) is 0. The molecule has 0 heterocycles. The maximum absolute atomic E-state index is 10.3. The predicted molar refractivity (Wildman–Crippen MR) is 116 cm³/mol. The fourth-order valence-corrected chi connectivity index (χ4v) is 6.85. The van der Waals surface area contributed by atoms with E-state index in [0.717, 1.165) is 0 Å². The van der Waals surface area contributed by atoms with Crippen LogP contribution in [0.4, 0.5) is 0 Å². The second kappa shape index (κ2) is 12.9. The summed E-state index contributed by atoms with van der Waals surface area (Å²) < 4.78 is 0.772. The monoisotopic (exact) mass is 376 g/mol. The Balaban J connectivity index is 4.45. The highest BCUT2D eigenvalue weighted by Crippen LogP contribution is 2.45. The molecular formula is C21H44OS2. The lowest BCUT2D eigenvalue weighted by molar-refractivity contribution is 0.212. The van der Waals surface area contributed by atoms with Gasteiger partial charge in [0, 0.05) is 9.49 Å². The first-order chi connectivity index (χ1) is 11.1. The quantitative estimate of drug-likeness (QED) is 0.234. The van der Waals surface area contributed by atoms with Crippen LogP contribution in [0, 0.1) is 0 Å². The molecule has 24 heavy (non-hydrogen) atoms. The van der Waals surface area contributed by atoms with Crippen molar-refractivity contribution < 1.29 is 5.11 Å². The molecule has 0 radical (unpaired) electrons. The fourth-order valence-electron chi connectivity index (χ4n) is 2.92. The lowest BCUT2D eigenvalue weighted by Crippen LogP contribution is -2.29. The molecule has 3 heteroatoms. The lowest BCUT2D eigenvalue weighted by Gasteiger charge is -2.35. The average molecular weight is 377 g/mol. The van der Waals surface area contributed by atoms with Gasteiger partial charge in [0.1, 0.15) is 0 Å². The van der Waals surface area contributed by atoms with Gasteiger partial charge in [0.25, 0.3) is 0 Å². The molecule has 0 saturated heterocycles. The van der Waals surface area contributed by atoms with Crippen LogP contribution in [0.3, 0.4) is 0 Å². The first kappa shape index (κ1) is 24.7. The van der Waals surface area contributed by atoms with Crippen LogP contribution < -0.4 is 0 Å². The van der Waals surface area contributed by atoms with Crippen molar-refractivity contribution in [3.8, 4) is 0 Å². The van der Waals surface area contributed by atoms with E-state index in [1.165, 1.54) is 64.2 Å². The van der Waals surface area contributed by atoms with Crippen molar-refractivity contribution in [2.45, 2.75) is 133 Å². The molecule has 0 amide bonds. The molecule has 1 nitrogen and oxygen atoms in total. The van der Waals surface area contributed by atoms with E-state index in [1.807, 2.05) is 30.4 Å². The molecule has 1 unspecified atom stereocenters. The van der Waals surface area contributed by atoms with Gasteiger partial charge in [-0.15, -0.1) is 23.5 Å². The number of rotatable bonds is 15. The molecule has 0 aliphatic heterocycles. The summed E-state index contributed by atoms with van der Waals surface area (Å²) in [6, 6.07) is 0. The van der Waals surface area contributed by atoms with Crippen molar-refractivity contribution in [1.82, 2.24) is 0 Å². The molecular weight excluding hydrogens is 332 g/mol. The van der Waals surface area contributed by atoms with Crippen LogP contribution in [0.15, 0.2) is 0 Å². The smallest absolute Gasteiger partial charge is 0.0769 e. The summed E-state index contributed by atoms with van der Waals surface area (Å²) in [5.74, 6) is 0. The van der Waals surface area contributed by atoms with E-state index in [9.17, 15) is 5.11 Å². The normalized spacial score (nSPS) is 14.4. The Morgan fingerprint density at radius 1 is 0.708 bits per heavy atom. The summed E-state index contributed by atoms with van der Waals surface area (Å²) in [5.41, 5.74) is 0. The Morgan fingerprint density at radius 2 is 1.08 bits per heavy atom.